The molecule has 0 saturated carbocycles. The molecule has 1 fully saturated rings. The number of amides is 3. The van der Waals surface area contributed by atoms with Crippen LogP contribution in [-0.2, 0) is 23.9 Å². The highest BCUT2D eigenvalue weighted by molar-refractivity contribution is 5.95. The summed E-state index contributed by atoms with van der Waals surface area (Å²) < 4.78 is 10.6. The number of ether oxygens (including phenoxy) is 2. The predicted molar refractivity (Wildman–Crippen MR) is 125 cm³/mol. The van der Waals surface area contributed by atoms with Gasteiger partial charge in [-0.25, -0.2) is 9.59 Å². The molecule has 0 aliphatic carbocycles. The summed E-state index contributed by atoms with van der Waals surface area (Å²) in [5.74, 6) is -1.08. The number of carbonyl (C=O) groups is 4. The molecule has 1 saturated heterocycles. The minimum absolute atomic E-state index is 0.124. The topological polar surface area (TPSA) is 114 Å². The number of nitrogens with one attached hydrogen (secondary N) is 2. The molecule has 0 radical (unpaired) electrons. The Kier molecular flexibility index (Phi) is 10.6. The molecule has 1 aliphatic rings. The minimum atomic E-state index is -1.30. The molecule has 0 aromatic rings. The summed E-state index contributed by atoms with van der Waals surface area (Å²) in [6.07, 6.45) is 2.62. The zero-order chi connectivity index (χ0) is 25.4. The van der Waals surface area contributed by atoms with E-state index in [0.29, 0.717) is 32.4 Å². The van der Waals surface area contributed by atoms with Gasteiger partial charge in [0.15, 0.2) is 0 Å². The summed E-state index contributed by atoms with van der Waals surface area (Å²) in [5.41, 5.74) is -2.01. The molecule has 3 amide bonds. The van der Waals surface area contributed by atoms with Gasteiger partial charge in [0, 0.05) is 6.54 Å². The quantitative estimate of drug-likeness (QED) is 0.375. The van der Waals surface area contributed by atoms with E-state index in [-0.39, 0.29) is 11.8 Å². The highest BCUT2D eigenvalue weighted by atomic mass is 16.6. The number of likely N-dealkylation sites (tertiary alicyclic amines) is 1. The summed E-state index contributed by atoms with van der Waals surface area (Å²) in [6.45, 7) is 15.0. The van der Waals surface area contributed by atoms with Crippen molar-refractivity contribution < 1.29 is 28.7 Å². The molecule has 9 nitrogen and oxygen atoms in total. The van der Waals surface area contributed by atoms with E-state index in [1.165, 1.54) is 4.90 Å². The zero-order valence-corrected chi connectivity index (χ0v) is 21.6. The van der Waals surface area contributed by atoms with E-state index < -0.39 is 41.2 Å². The molecule has 0 unspecified atom stereocenters. The van der Waals surface area contributed by atoms with Crippen molar-refractivity contribution in [1.82, 2.24) is 15.5 Å². The first kappa shape index (κ1) is 28.7. The van der Waals surface area contributed by atoms with Crippen molar-refractivity contribution in [2.45, 2.75) is 111 Å². The number of hydrogen-bond donors (Lipinski definition) is 2. The van der Waals surface area contributed by atoms with E-state index in [1.807, 2.05) is 20.8 Å². The SMILES string of the molecule is CCCCOC(=O)[C@@H]1CCCN1C(=O)[C@H](CC(C)C)NC(=O)C(C)(C)NC(=O)OC(C)(C)C. The number of carbonyl (C=O) groups excluding carboxylic acids is 4. The van der Waals surface area contributed by atoms with Crippen LogP contribution in [0.25, 0.3) is 0 Å². The molecule has 0 spiro atoms. The monoisotopic (exact) mass is 469 g/mol. The number of nitrogens with zero attached hydrogens (tertiary/aromatic N) is 1. The second-order valence-electron chi connectivity index (χ2n) is 10.6. The summed E-state index contributed by atoms with van der Waals surface area (Å²) in [6, 6.07) is -1.45. The van der Waals surface area contributed by atoms with Gasteiger partial charge < -0.3 is 25.0 Å². The third-order valence-corrected chi connectivity index (χ3v) is 5.24. The van der Waals surface area contributed by atoms with Gasteiger partial charge >= 0.3 is 12.1 Å². The fourth-order valence-corrected chi connectivity index (χ4v) is 3.54. The molecule has 0 aromatic heterocycles. The van der Waals surface area contributed by atoms with Crippen LogP contribution in [0.2, 0.25) is 0 Å². The first-order chi connectivity index (χ1) is 15.2. The van der Waals surface area contributed by atoms with Gasteiger partial charge in [-0.1, -0.05) is 27.2 Å². The van der Waals surface area contributed by atoms with E-state index in [2.05, 4.69) is 10.6 Å². The van der Waals surface area contributed by atoms with Gasteiger partial charge in [-0.3, -0.25) is 9.59 Å². The van der Waals surface area contributed by atoms with E-state index >= 15 is 0 Å². The minimum Gasteiger partial charge on any atom is -0.464 e. The Morgan fingerprint density at radius 3 is 2.27 bits per heavy atom. The number of alkyl carbamates (subject to hydrolysis) is 1. The smallest absolute Gasteiger partial charge is 0.408 e. The van der Waals surface area contributed by atoms with Gasteiger partial charge in [-0.05, 0) is 66.2 Å². The van der Waals surface area contributed by atoms with Crippen LogP contribution >= 0.6 is 0 Å². The fourth-order valence-electron chi connectivity index (χ4n) is 3.54. The second kappa shape index (κ2) is 12.2. The lowest BCUT2D eigenvalue weighted by Crippen LogP contribution is -2.60. The van der Waals surface area contributed by atoms with Gasteiger partial charge in [0.1, 0.15) is 23.2 Å². The van der Waals surface area contributed by atoms with E-state index in [0.717, 1.165) is 12.8 Å². The summed E-state index contributed by atoms with van der Waals surface area (Å²) in [7, 11) is 0. The van der Waals surface area contributed by atoms with Crippen LogP contribution < -0.4 is 10.6 Å². The van der Waals surface area contributed by atoms with Crippen LogP contribution in [0.3, 0.4) is 0 Å². The lowest BCUT2D eigenvalue weighted by Gasteiger charge is -2.32. The van der Waals surface area contributed by atoms with Crippen LogP contribution in [0.1, 0.15) is 87.5 Å². The van der Waals surface area contributed by atoms with Crippen LogP contribution in [0.5, 0.6) is 0 Å². The Bertz CT molecular complexity index is 699. The molecule has 190 valence electrons. The first-order valence-electron chi connectivity index (χ1n) is 12.0. The van der Waals surface area contributed by atoms with Gasteiger partial charge in [-0.15, -0.1) is 0 Å². The molecular formula is C24H43N3O6. The van der Waals surface area contributed by atoms with Crippen molar-refractivity contribution in [3.05, 3.63) is 0 Å². The largest absolute Gasteiger partial charge is 0.464 e. The summed E-state index contributed by atoms with van der Waals surface area (Å²) in [5, 5.41) is 5.36. The Balaban J connectivity index is 2.91. The van der Waals surface area contributed by atoms with E-state index in [9.17, 15) is 19.2 Å². The standard InChI is InChI=1S/C24H43N3O6/c1-9-10-14-32-20(29)18-12-11-13-27(18)19(28)17(15-16(2)3)25-21(30)24(7,8)26-22(31)33-23(4,5)6/h16-18H,9-15H2,1-8H3,(H,25,30)(H,26,31)/t17-,18-/m0/s1. The summed E-state index contributed by atoms with van der Waals surface area (Å²) >= 11 is 0. The predicted octanol–water partition coefficient (Wildman–Crippen LogP) is 3.15. The third-order valence-electron chi connectivity index (χ3n) is 5.24. The van der Waals surface area contributed by atoms with E-state index in [1.54, 1.807) is 34.6 Å². The highest BCUT2D eigenvalue weighted by Crippen LogP contribution is 2.22. The van der Waals surface area contributed by atoms with Gasteiger partial charge in [0.05, 0.1) is 6.61 Å². The van der Waals surface area contributed by atoms with Crippen molar-refractivity contribution in [2.75, 3.05) is 13.2 Å². The van der Waals surface area contributed by atoms with Crippen LogP contribution in [0, 0.1) is 5.92 Å². The molecule has 9 heteroatoms. The van der Waals surface area contributed by atoms with Gasteiger partial charge in [-0.2, -0.15) is 0 Å². The number of unbranched alkanes of at least 4 members (excludes halogenated alkanes) is 1. The molecule has 1 rings (SSSR count). The molecule has 0 bridgehead atoms. The molecule has 0 aromatic carbocycles. The Hall–Kier alpha value is -2.32. The normalized spacial score (nSPS) is 17.5. The highest BCUT2D eigenvalue weighted by Gasteiger charge is 2.40. The van der Waals surface area contributed by atoms with E-state index in [4.69, 9.17) is 9.47 Å². The van der Waals surface area contributed by atoms with Gasteiger partial charge in [0.25, 0.3) is 0 Å². The molecule has 2 atom stereocenters. The maximum atomic E-state index is 13.4. The first-order valence-corrected chi connectivity index (χ1v) is 12.0. The molecule has 1 aliphatic heterocycles. The van der Waals surface area contributed by atoms with Gasteiger partial charge in [0.2, 0.25) is 11.8 Å². The zero-order valence-electron chi connectivity index (χ0n) is 21.6. The lowest BCUT2D eigenvalue weighted by atomic mass is 9.99. The van der Waals surface area contributed by atoms with Crippen molar-refractivity contribution in [1.29, 1.82) is 0 Å². The molecule has 1 heterocycles. The fraction of sp³-hybridized carbons (Fsp3) is 0.833. The summed E-state index contributed by atoms with van der Waals surface area (Å²) in [4.78, 5) is 52.6. The average Bonchev–Trinajstić information content (AvgIpc) is 3.14. The lowest BCUT2D eigenvalue weighted by molar-refractivity contribution is -0.154. The number of esters is 1. The Labute approximate surface area is 198 Å². The Morgan fingerprint density at radius 2 is 1.73 bits per heavy atom. The molecule has 2 N–H and O–H groups in total. The number of rotatable bonds is 10. The average molecular weight is 470 g/mol. The van der Waals surface area contributed by atoms with Crippen molar-refractivity contribution in [2.24, 2.45) is 5.92 Å². The molecular weight excluding hydrogens is 426 g/mol. The van der Waals surface area contributed by atoms with Crippen LogP contribution in [0.4, 0.5) is 4.79 Å². The second-order valence-corrected chi connectivity index (χ2v) is 10.6. The van der Waals surface area contributed by atoms with Crippen molar-refractivity contribution >= 4 is 23.9 Å². The molecule has 33 heavy (non-hydrogen) atoms. The van der Waals surface area contributed by atoms with Crippen LogP contribution in [0.15, 0.2) is 0 Å². The maximum Gasteiger partial charge on any atom is 0.408 e. The maximum absolute atomic E-state index is 13.4. The van der Waals surface area contributed by atoms with Crippen molar-refractivity contribution in [3.63, 3.8) is 0 Å². The van der Waals surface area contributed by atoms with Crippen LogP contribution in [-0.4, -0.2) is 65.2 Å². The van der Waals surface area contributed by atoms with Crippen molar-refractivity contribution in [3.8, 4) is 0 Å². The Morgan fingerprint density at radius 1 is 1.09 bits per heavy atom. The number of hydrogen-bond acceptors (Lipinski definition) is 6. The third kappa shape index (κ3) is 9.60.